The van der Waals surface area contributed by atoms with Crippen LogP contribution in [0.25, 0.3) is 0 Å². The number of nitrogens with two attached hydrogens (primary N) is 2. The largest absolute Gasteiger partial charge is 0.490 e. The highest BCUT2D eigenvalue weighted by atomic mass is 19.4. The number of halogens is 3. The highest BCUT2D eigenvalue weighted by Crippen LogP contribution is 2.13. The number of primary amides is 1. The maximum atomic E-state index is 10.6. The molecular weight excluding hydrogens is 217 g/mol. The van der Waals surface area contributed by atoms with Gasteiger partial charge in [-0.15, -0.1) is 6.42 Å². The number of alkyl halides is 3. The zero-order chi connectivity index (χ0) is 12.6. The van der Waals surface area contributed by atoms with Crippen LogP contribution in [0.3, 0.4) is 0 Å². The van der Waals surface area contributed by atoms with E-state index in [1.54, 1.807) is 0 Å². The minimum absolute atomic E-state index is 0.0660. The van der Waals surface area contributed by atoms with Crippen molar-refractivity contribution in [1.82, 2.24) is 0 Å². The van der Waals surface area contributed by atoms with Gasteiger partial charge in [0.2, 0.25) is 5.91 Å². The Bertz CT molecular complexity index is 270. The van der Waals surface area contributed by atoms with Crippen LogP contribution < -0.4 is 11.5 Å². The second kappa shape index (κ2) is 6.67. The number of rotatable bonds is 2. The van der Waals surface area contributed by atoms with Gasteiger partial charge in [-0.1, -0.05) is 5.92 Å². The maximum Gasteiger partial charge on any atom is 0.490 e. The van der Waals surface area contributed by atoms with E-state index in [2.05, 4.69) is 5.92 Å². The number of amides is 1. The van der Waals surface area contributed by atoms with Gasteiger partial charge in [0, 0.05) is 0 Å². The molecule has 0 heterocycles. The summed E-state index contributed by atoms with van der Waals surface area (Å²) in [5.41, 5.74) is 9.89. The van der Waals surface area contributed by atoms with Gasteiger partial charge >= 0.3 is 12.1 Å². The number of carboxylic acids is 1. The van der Waals surface area contributed by atoms with Crippen molar-refractivity contribution in [2.24, 2.45) is 11.5 Å². The van der Waals surface area contributed by atoms with Crippen LogP contribution in [0.1, 0.15) is 6.42 Å². The molecule has 0 aromatic carbocycles. The molecule has 5 nitrogen and oxygen atoms in total. The first-order valence-electron chi connectivity index (χ1n) is 3.41. The molecule has 1 atom stereocenters. The highest BCUT2D eigenvalue weighted by Gasteiger charge is 2.38. The Morgan fingerprint density at radius 1 is 1.47 bits per heavy atom. The molecule has 8 heteroatoms. The van der Waals surface area contributed by atoms with Gasteiger partial charge < -0.3 is 16.6 Å². The van der Waals surface area contributed by atoms with Crippen molar-refractivity contribution >= 4 is 11.9 Å². The zero-order valence-electron chi connectivity index (χ0n) is 7.41. The van der Waals surface area contributed by atoms with Crippen molar-refractivity contribution in [1.29, 1.82) is 0 Å². The molecule has 15 heavy (non-hydrogen) atoms. The fraction of sp³-hybridized carbons (Fsp3) is 0.429. The van der Waals surface area contributed by atoms with Crippen LogP contribution in [0.15, 0.2) is 0 Å². The molecule has 0 aliphatic carbocycles. The highest BCUT2D eigenvalue weighted by molar-refractivity contribution is 5.74. The smallest absolute Gasteiger partial charge is 0.475 e. The molecular formula is C7H9F3N2O3. The van der Waals surface area contributed by atoms with Crippen molar-refractivity contribution in [3.05, 3.63) is 0 Å². The predicted molar refractivity (Wildman–Crippen MR) is 44.3 cm³/mol. The van der Waals surface area contributed by atoms with Crippen LogP contribution in [-0.4, -0.2) is 29.2 Å². The average Bonchev–Trinajstić information content (AvgIpc) is 2.02. The Kier molecular flexibility index (Phi) is 6.98. The van der Waals surface area contributed by atoms with Gasteiger partial charge in [0.05, 0.1) is 12.5 Å². The van der Waals surface area contributed by atoms with Crippen molar-refractivity contribution in [2.75, 3.05) is 0 Å². The molecule has 0 aromatic heterocycles. The Labute approximate surface area is 83.2 Å². The van der Waals surface area contributed by atoms with Crippen LogP contribution in [0.4, 0.5) is 13.2 Å². The molecule has 1 amide bonds. The van der Waals surface area contributed by atoms with E-state index >= 15 is 0 Å². The molecule has 0 rings (SSSR count). The molecule has 0 aromatic rings. The van der Waals surface area contributed by atoms with Crippen LogP contribution in [0.2, 0.25) is 0 Å². The summed E-state index contributed by atoms with van der Waals surface area (Å²) in [7, 11) is 0. The van der Waals surface area contributed by atoms with Gasteiger partial charge in [0.25, 0.3) is 0 Å². The van der Waals surface area contributed by atoms with E-state index in [9.17, 15) is 18.0 Å². The van der Waals surface area contributed by atoms with E-state index in [0.29, 0.717) is 0 Å². The average molecular weight is 226 g/mol. The van der Waals surface area contributed by atoms with E-state index < -0.39 is 24.1 Å². The van der Waals surface area contributed by atoms with Gasteiger partial charge in [0.1, 0.15) is 0 Å². The lowest BCUT2D eigenvalue weighted by atomic mass is 10.2. The topological polar surface area (TPSA) is 106 Å². The van der Waals surface area contributed by atoms with E-state index in [0.717, 1.165) is 0 Å². The molecule has 0 fully saturated rings. The molecule has 0 aliphatic heterocycles. The number of carbonyl (C=O) groups excluding carboxylic acids is 1. The summed E-state index contributed by atoms with van der Waals surface area (Å²) in [4.78, 5) is 18.9. The number of carbonyl (C=O) groups is 2. The molecule has 0 saturated carbocycles. The SMILES string of the molecule is C#CC(N)CC(N)=O.O=C(O)C(F)(F)F. The van der Waals surface area contributed by atoms with Crippen LogP contribution in [0.5, 0.6) is 0 Å². The lowest BCUT2D eigenvalue weighted by Gasteiger charge is -1.95. The number of hydrogen-bond acceptors (Lipinski definition) is 3. The summed E-state index contributed by atoms with van der Waals surface area (Å²) in [6, 6.07) is -0.521. The Morgan fingerprint density at radius 3 is 1.87 bits per heavy atom. The Hall–Kier alpha value is -1.75. The molecule has 1 unspecified atom stereocenters. The second-order valence-corrected chi connectivity index (χ2v) is 2.25. The van der Waals surface area contributed by atoms with E-state index in [-0.39, 0.29) is 6.42 Å². The molecule has 0 bridgehead atoms. The van der Waals surface area contributed by atoms with E-state index in [1.807, 2.05) is 0 Å². The third-order valence-electron chi connectivity index (χ3n) is 0.878. The van der Waals surface area contributed by atoms with Crippen LogP contribution in [0, 0.1) is 12.3 Å². The van der Waals surface area contributed by atoms with Gasteiger partial charge in [-0.3, -0.25) is 4.79 Å². The van der Waals surface area contributed by atoms with Crippen LogP contribution >= 0.6 is 0 Å². The van der Waals surface area contributed by atoms with Gasteiger partial charge in [-0.25, -0.2) is 4.79 Å². The molecule has 86 valence electrons. The van der Waals surface area contributed by atoms with Crippen LogP contribution in [-0.2, 0) is 9.59 Å². The first-order valence-corrected chi connectivity index (χ1v) is 3.41. The molecule has 0 aliphatic rings. The minimum Gasteiger partial charge on any atom is -0.475 e. The Balaban J connectivity index is 0. The minimum atomic E-state index is -5.08. The monoisotopic (exact) mass is 226 g/mol. The van der Waals surface area contributed by atoms with Gasteiger partial charge in [-0.2, -0.15) is 13.2 Å². The first kappa shape index (κ1) is 15.7. The molecule has 0 radical (unpaired) electrons. The number of hydrogen-bond donors (Lipinski definition) is 3. The Morgan fingerprint density at radius 2 is 1.80 bits per heavy atom. The van der Waals surface area contributed by atoms with Gasteiger partial charge in [-0.05, 0) is 0 Å². The predicted octanol–water partition coefficient (Wildman–Crippen LogP) is -0.544. The maximum absolute atomic E-state index is 10.6. The fourth-order valence-corrected chi connectivity index (χ4v) is 0.276. The second-order valence-electron chi connectivity index (χ2n) is 2.25. The lowest BCUT2D eigenvalue weighted by Crippen LogP contribution is -2.25. The van der Waals surface area contributed by atoms with Crippen molar-refractivity contribution in [3.63, 3.8) is 0 Å². The lowest BCUT2D eigenvalue weighted by molar-refractivity contribution is -0.192. The van der Waals surface area contributed by atoms with E-state index in [1.165, 1.54) is 0 Å². The summed E-state index contributed by atoms with van der Waals surface area (Å²) in [5.74, 6) is -1.05. The van der Waals surface area contributed by atoms with E-state index in [4.69, 9.17) is 27.8 Å². The zero-order valence-corrected chi connectivity index (χ0v) is 7.41. The molecule has 5 N–H and O–H groups in total. The van der Waals surface area contributed by atoms with Crippen molar-refractivity contribution in [2.45, 2.75) is 18.6 Å². The number of terminal acetylenes is 1. The third kappa shape index (κ3) is 12.2. The quantitative estimate of drug-likeness (QED) is 0.549. The summed E-state index contributed by atoms with van der Waals surface area (Å²) < 4.78 is 31.7. The summed E-state index contributed by atoms with van der Waals surface area (Å²) in [6.45, 7) is 0. The number of carboxylic acid groups (broad SMARTS) is 1. The standard InChI is InChI=1S/C5H8N2O.C2HF3O2/c1-2-4(6)3-5(7)8;3-2(4,5)1(6)7/h1,4H,3,6H2,(H2,7,8);(H,6,7). The first-order chi connectivity index (χ1) is 6.61. The number of aliphatic carboxylic acids is 1. The summed E-state index contributed by atoms with van der Waals surface area (Å²) in [6.07, 6.45) is -0.180. The summed E-state index contributed by atoms with van der Waals surface area (Å²) >= 11 is 0. The van der Waals surface area contributed by atoms with Crippen molar-refractivity contribution < 1.29 is 27.9 Å². The van der Waals surface area contributed by atoms with Gasteiger partial charge in [0.15, 0.2) is 0 Å². The third-order valence-corrected chi connectivity index (χ3v) is 0.878. The normalized spacial score (nSPS) is 11.7. The van der Waals surface area contributed by atoms with Crippen molar-refractivity contribution in [3.8, 4) is 12.3 Å². The summed E-state index contributed by atoms with van der Waals surface area (Å²) in [5, 5.41) is 7.12. The molecule has 0 spiro atoms. The fourth-order valence-electron chi connectivity index (χ4n) is 0.276. The molecule has 0 saturated heterocycles.